The molecule has 1 saturated heterocycles. The molecule has 1 fully saturated rings. The highest BCUT2D eigenvalue weighted by atomic mass is 35.5. The Hall–Kier alpha value is -2.67. The van der Waals surface area contributed by atoms with E-state index in [1.165, 1.54) is 17.0 Å². The smallest absolute Gasteiger partial charge is 0.340 e. The van der Waals surface area contributed by atoms with E-state index in [1.54, 1.807) is 18.2 Å². The molecule has 0 saturated carbocycles. The summed E-state index contributed by atoms with van der Waals surface area (Å²) in [5, 5.41) is 0.0485. The van der Waals surface area contributed by atoms with Crippen LogP contribution in [-0.2, 0) is 9.53 Å². The molecule has 3 rings (SSSR count). The van der Waals surface area contributed by atoms with Crippen LogP contribution in [0.25, 0.3) is 0 Å². The van der Waals surface area contributed by atoms with Crippen molar-refractivity contribution in [3.8, 4) is 0 Å². The fourth-order valence-corrected chi connectivity index (χ4v) is 3.05. The average Bonchev–Trinajstić information content (AvgIpc) is 2.68. The number of anilines is 1. The second kappa shape index (κ2) is 8.35. The van der Waals surface area contributed by atoms with Crippen LogP contribution < -0.4 is 4.90 Å². The van der Waals surface area contributed by atoms with Crippen LogP contribution in [-0.4, -0.2) is 49.6 Å². The van der Waals surface area contributed by atoms with Gasteiger partial charge in [-0.05, 0) is 30.3 Å². The number of amides is 1. The lowest BCUT2D eigenvalue weighted by atomic mass is 10.2. The molecule has 142 valence electrons. The van der Waals surface area contributed by atoms with Gasteiger partial charge >= 0.3 is 5.97 Å². The minimum atomic E-state index is -0.863. The number of ether oxygens (including phenoxy) is 1. The van der Waals surface area contributed by atoms with Crippen molar-refractivity contribution in [2.24, 2.45) is 0 Å². The number of rotatable bonds is 4. The third-order valence-corrected chi connectivity index (χ3v) is 4.63. The van der Waals surface area contributed by atoms with E-state index in [-0.39, 0.29) is 22.3 Å². The Morgan fingerprint density at radius 3 is 2.44 bits per heavy atom. The van der Waals surface area contributed by atoms with E-state index in [4.69, 9.17) is 16.3 Å². The molecule has 0 unspecified atom stereocenters. The Balaban J connectivity index is 1.52. The van der Waals surface area contributed by atoms with Gasteiger partial charge in [0, 0.05) is 26.2 Å². The first-order chi connectivity index (χ1) is 13.0. The third-order valence-electron chi connectivity index (χ3n) is 4.30. The molecule has 1 heterocycles. The summed E-state index contributed by atoms with van der Waals surface area (Å²) in [6, 6.07) is 9.80. The third kappa shape index (κ3) is 4.54. The summed E-state index contributed by atoms with van der Waals surface area (Å²) < 4.78 is 32.0. The lowest BCUT2D eigenvalue weighted by Crippen LogP contribution is -2.50. The largest absolute Gasteiger partial charge is 0.452 e. The Labute approximate surface area is 160 Å². The summed E-state index contributed by atoms with van der Waals surface area (Å²) in [4.78, 5) is 27.6. The molecular formula is C19H17ClF2N2O3. The van der Waals surface area contributed by atoms with Gasteiger partial charge in [0.15, 0.2) is 6.61 Å². The van der Waals surface area contributed by atoms with Crippen molar-refractivity contribution in [3.63, 3.8) is 0 Å². The van der Waals surface area contributed by atoms with Gasteiger partial charge in [-0.15, -0.1) is 0 Å². The number of hydrogen-bond donors (Lipinski definition) is 0. The van der Waals surface area contributed by atoms with Crippen LogP contribution in [0.5, 0.6) is 0 Å². The molecule has 8 heteroatoms. The highest BCUT2D eigenvalue weighted by Gasteiger charge is 2.24. The molecule has 0 radical (unpaired) electrons. The van der Waals surface area contributed by atoms with E-state index in [0.717, 1.165) is 12.1 Å². The number of carbonyl (C=O) groups is 2. The zero-order valence-electron chi connectivity index (χ0n) is 14.3. The maximum atomic E-state index is 13.8. The normalized spacial score (nSPS) is 14.2. The van der Waals surface area contributed by atoms with Crippen molar-refractivity contribution in [2.75, 3.05) is 37.7 Å². The van der Waals surface area contributed by atoms with Crippen LogP contribution in [0.2, 0.25) is 5.02 Å². The van der Waals surface area contributed by atoms with Crippen molar-refractivity contribution in [1.29, 1.82) is 0 Å². The van der Waals surface area contributed by atoms with Gasteiger partial charge in [-0.25, -0.2) is 13.6 Å². The van der Waals surface area contributed by atoms with Gasteiger partial charge < -0.3 is 14.5 Å². The number of benzene rings is 2. The Bertz CT molecular complexity index is 855. The number of hydrogen-bond acceptors (Lipinski definition) is 4. The fraction of sp³-hybridized carbons (Fsp3) is 0.263. The zero-order chi connectivity index (χ0) is 19.4. The first-order valence-electron chi connectivity index (χ1n) is 8.35. The van der Waals surface area contributed by atoms with E-state index >= 15 is 0 Å². The molecular weight excluding hydrogens is 378 g/mol. The molecule has 1 amide bonds. The molecule has 5 nitrogen and oxygen atoms in total. The molecule has 2 aromatic carbocycles. The van der Waals surface area contributed by atoms with Crippen LogP contribution in [0.1, 0.15) is 10.4 Å². The number of esters is 1. The van der Waals surface area contributed by atoms with Gasteiger partial charge in [-0.2, -0.15) is 0 Å². The first-order valence-corrected chi connectivity index (χ1v) is 8.73. The molecule has 1 aliphatic heterocycles. The minimum Gasteiger partial charge on any atom is -0.452 e. The van der Waals surface area contributed by atoms with Crippen LogP contribution in [0.3, 0.4) is 0 Å². The topological polar surface area (TPSA) is 49.9 Å². The molecule has 0 spiro atoms. The SMILES string of the molecule is O=C(OCC(=O)N1CCN(c2ccccc2F)CC1)c1cc(F)ccc1Cl. The second-order valence-electron chi connectivity index (χ2n) is 6.02. The summed E-state index contributed by atoms with van der Waals surface area (Å²) in [6.07, 6.45) is 0. The molecule has 0 atom stereocenters. The predicted molar refractivity (Wildman–Crippen MR) is 96.9 cm³/mol. The van der Waals surface area contributed by atoms with Gasteiger partial charge in [-0.1, -0.05) is 23.7 Å². The van der Waals surface area contributed by atoms with Crippen molar-refractivity contribution in [3.05, 3.63) is 64.7 Å². The molecule has 2 aromatic rings. The first kappa shape index (κ1) is 19.1. The van der Waals surface area contributed by atoms with Gasteiger partial charge in [0.05, 0.1) is 16.3 Å². The highest BCUT2D eigenvalue weighted by Crippen LogP contribution is 2.20. The number of nitrogens with zero attached hydrogens (tertiary/aromatic N) is 2. The van der Waals surface area contributed by atoms with Crippen molar-refractivity contribution in [2.45, 2.75) is 0 Å². The van der Waals surface area contributed by atoms with Gasteiger partial charge in [0.2, 0.25) is 0 Å². The van der Waals surface area contributed by atoms with E-state index in [1.807, 2.05) is 4.90 Å². The molecule has 1 aliphatic rings. The van der Waals surface area contributed by atoms with Gasteiger partial charge in [-0.3, -0.25) is 4.79 Å². The number of piperazine rings is 1. The summed E-state index contributed by atoms with van der Waals surface area (Å²) in [7, 11) is 0. The fourth-order valence-electron chi connectivity index (χ4n) is 2.86. The number of para-hydroxylation sites is 1. The van der Waals surface area contributed by atoms with E-state index in [2.05, 4.69) is 0 Å². The highest BCUT2D eigenvalue weighted by molar-refractivity contribution is 6.33. The van der Waals surface area contributed by atoms with Crippen molar-refractivity contribution in [1.82, 2.24) is 4.90 Å². The van der Waals surface area contributed by atoms with Gasteiger partial charge in [0.1, 0.15) is 11.6 Å². The second-order valence-corrected chi connectivity index (χ2v) is 6.43. The summed E-state index contributed by atoms with van der Waals surface area (Å²) in [5.74, 6) is -2.16. The summed E-state index contributed by atoms with van der Waals surface area (Å²) in [6.45, 7) is 1.23. The van der Waals surface area contributed by atoms with Crippen molar-refractivity contribution < 1.29 is 23.1 Å². The number of halogens is 3. The van der Waals surface area contributed by atoms with Gasteiger partial charge in [0.25, 0.3) is 5.91 Å². The predicted octanol–water partition coefficient (Wildman–Crippen LogP) is 3.12. The number of carbonyl (C=O) groups excluding carboxylic acids is 2. The van der Waals surface area contributed by atoms with Crippen LogP contribution in [0.4, 0.5) is 14.5 Å². The standard InChI is InChI=1S/C19H17ClF2N2O3/c20-15-6-5-13(21)11-14(15)19(26)27-12-18(25)24-9-7-23(8-10-24)17-4-2-1-3-16(17)22/h1-6,11H,7-10,12H2. The lowest BCUT2D eigenvalue weighted by Gasteiger charge is -2.36. The maximum absolute atomic E-state index is 13.8. The molecule has 27 heavy (non-hydrogen) atoms. The monoisotopic (exact) mass is 394 g/mol. The van der Waals surface area contributed by atoms with E-state index in [9.17, 15) is 18.4 Å². The molecule has 0 aliphatic carbocycles. The van der Waals surface area contributed by atoms with Crippen molar-refractivity contribution >= 4 is 29.2 Å². The van der Waals surface area contributed by atoms with E-state index < -0.39 is 18.4 Å². The Kier molecular flexibility index (Phi) is 5.91. The maximum Gasteiger partial charge on any atom is 0.340 e. The van der Waals surface area contributed by atoms with E-state index in [0.29, 0.717) is 31.9 Å². The quantitative estimate of drug-likeness (QED) is 0.748. The van der Waals surface area contributed by atoms with Crippen LogP contribution >= 0.6 is 11.6 Å². The summed E-state index contributed by atoms with van der Waals surface area (Å²) in [5.41, 5.74) is 0.366. The van der Waals surface area contributed by atoms with Crippen LogP contribution in [0, 0.1) is 11.6 Å². The average molecular weight is 395 g/mol. The Morgan fingerprint density at radius 1 is 1.04 bits per heavy atom. The minimum absolute atomic E-state index is 0.0485. The van der Waals surface area contributed by atoms with Crippen LogP contribution in [0.15, 0.2) is 42.5 Å². The molecule has 0 N–H and O–H groups in total. The Morgan fingerprint density at radius 2 is 1.74 bits per heavy atom. The molecule has 0 bridgehead atoms. The molecule has 0 aromatic heterocycles. The zero-order valence-corrected chi connectivity index (χ0v) is 15.1. The lowest BCUT2D eigenvalue weighted by molar-refractivity contribution is -0.134. The summed E-state index contributed by atoms with van der Waals surface area (Å²) >= 11 is 5.84.